The number of nitrogens with zero attached hydrogens (tertiary/aromatic N) is 5. The fourth-order valence-corrected chi connectivity index (χ4v) is 3.60. The van der Waals surface area contributed by atoms with E-state index in [1.807, 2.05) is 6.07 Å². The molecule has 140 valence electrons. The Bertz CT molecular complexity index is 863. The summed E-state index contributed by atoms with van der Waals surface area (Å²) < 4.78 is 14.7. The highest BCUT2D eigenvalue weighted by Crippen LogP contribution is 2.38. The van der Waals surface area contributed by atoms with E-state index in [-0.39, 0.29) is 18.5 Å². The molecule has 0 aliphatic carbocycles. The number of hydrogen-bond donors (Lipinski definition) is 4. The summed E-state index contributed by atoms with van der Waals surface area (Å²) in [5.41, 5.74) is 1.19. The van der Waals surface area contributed by atoms with E-state index in [9.17, 15) is 10.00 Å². The second-order valence-corrected chi connectivity index (χ2v) is 6.88. The molecule has 4 N–H and O–H groups in total. The van der Waals surface area contributed by atoms with E-state index < -0.39 is 27.0 Å². The first-order valence-electron chi connectivity index (χ1n) is 8.00. The van der Waals surface area contributed by atoms with Gasteiger partial charge in [0, 0.05) is 26.4 Å². The Balaban J connectivity index is 1.74. The molecule has 0 spiro atoms. The van der Waals surface area contributed by atoms with Crippen LogP contribution in [0.5, 0.6) is 0 Å². The maximum Gasteiger partial charge on any atom is 0.253 e. The predicted octanol–water partition coefficient (Wildman–Crippen LogP) is -0.363. The Morgan fingerprint density at radius 3 is 3.08 bits per heavy atom. The van der Waals surface area contributed by atoms with Crippen molar-refractivity contribution in [3.63, 3.8) is 0 Å². The summed E-state index contributed by atoms with van der Waals surface area (Å²) >= 11 is 0. The first-order chi connectivity index (χ1) is 12.5. The maximum absolute atomic E-state index is 9.93. The van der Waals surface area contributed by atoms with Gasteiger partial charge < -0.3 is 23.8 Å². The van der Waals surface area contributed by atoms with Gasteiger partial charge in [0.05, 0.1) is 31.4 Å². The van der Waals surface area contributed by atoms with Crippen LogP contribution in [0, 0.1) is 16.7 Å². The molecule has 0 bridgehead atoms. The highest BCUT2D eigenvalue weighted by atomic mass is 31.2. The van der Waals surface area contributed by atoms with Crippen LogP contribution >= 0.6 is 8.53 Å². The van der Waals surface area contributed by atoms with Crippen molar-refractivity contribution < 1.29 is 19.3 Å². The number of aryl methyl sites for hydroxylation is 1. The van der Waals surface area contributed by atoms with E-state index in [4.69, 9.17) is 19.9 Å². The topological polar surface area (TPSA) is 154 Å². The molecule has 3 rings (SSSR count). The molecular formula is C14H20N7O4P. The molecule has 3 heterocycles. The molecule has 1 fully saturated rings. The number of rotatable bonds is 7. The van der Waals surface area contributed by atoms with Crippen LogP contribution in [0.2, 0.25) is 0 Å². The molecule has 0 amide bonds. The third-order valence-electron chi connectivity index (χ3n) is 4.09. The number of nitrogens with one attached hydrogen (secondary N) is 2. The van der Waals surface area contributed by atoms with Crippen molar-refractivity contribution in [3.05, 3.63) is 18.1 Å². The Labute approximate surface area is 150 Å². The highest BCUT2D eigenvalue weighted by molar-refractivity contribution is 7.43. The quantitative estimate of drug-likeness (QED) is 0.374. The van der Waals surface area contributed by atoms with Crippen LogP contribution in [-0.4, -0.2) is 54.5 Å². The smallest absolute Gasteiger partial charge is 0.253 e. The molecule has 1 aliphatic heterocycles. The lowest BCUT2D eigenvalue weighted by Crippen LogP contribution is -2.28. The molecule has 1 unspecified atom stereocenters. The number of aromatic nitrogens is 4. The van der Waals surface area contributed by atoms with Crippen LogP contribution in [-0.2, 0) is 16.3 Å². The van der Waals surface area contributed by atoms with Crippen molar-refractivity contribution in [1.29, 1.82) is 10.7 Å². The molecule has 0 radical (unpaired) electrons. The molecule has 1 aliphatic rings. The number of ether oxygens (including phenoxy) is 1. The largest absolute Gasteiger partial charge is 0.394 e. The van der Waals surface area contributed by atoms with Gasteiger partial charge >= 0.3 is 0 Å². The number of aliphatic hydroxyl groups excluding tert-OH is 1. The molecule has 11 nitrogen and oxygen atoms in total. The average molecular weight is 381 g/mol. The Morgan fingerprint density at radius 1 is 1.54 bits per heavy atom. The molecule has 2 aromatic rings. The summed E-state index contributed by atoms with van der Waals surface area (Å²) in [7, 11) is -0.206. The number of aliphatic hydroxyl groups is 1. The van der Waals surface area contributed by atoms with Gasteiger partial charge in [-0.3, -0.25) is 9.98 Å². The zero-order valence-electron chi connectivity index (χ0n) is 14.1. The molecule has 26 heavy (non-hydrogen) atoms. The van der Waals surface area contributed by atoms with Crippen molar-refractivity contribution >= 4 is 19.7 Å². The lowest BCUT2D eigenvalue weighted by Gasteiger charge is -2.19. The summed E-state index contributed by atoms with van der Waals surface area (Å²) in [6.07, 6.45) is 2.10. The lowest BCUT2D eigenvalue weighted by atomic mass is 10.2. The first-order valence-corrected chi connectivity index (χ1v) is 9.21. The zero-order chi connectivity index (χ0) is 18.7. The van der Waals surface area contributed by atoms with E-state index in [0.717, 1.165) is 0 Å². The Hall–Kier alpha value is -1.93. The van der Waals surface area contributed by atoms with Crippen molar-refractivity contribution in [2.75, 3.05) is 13.2 Å². The van der Waals surface area contributed by atoms with Gasteiger partial charge in [-0.05, 0) is 0 Å². The monoisotopic (exact) mass is 381 g/mol. The molecule has 12 heteroatoms. The summed E-state index contributed by atoms with van der Waals surface area (Å²) in [6.45, 7) is 0.0557. The molecule has 0 aromatic carbocycles. The minimum atomic E-state index is -1.92. The van der Waals surface area contributed by atoms with Crippen molar-refractivity contribution in [2.45, 2.75) is 31.3 Å². The van der Waals surface area contributed by atoms with Gasteiger partial charge in [0.2, 0.25) is 0 Å². The molecular weight excluding hydrogens is 361 g/mol. The van der Waals surface area contributed by atoms with Crippen LogP contribution in [0.25, 0.3) is 11.2 Å². The number of imidazole rings is 1. The summed E-state index contributed by atoms with van der Waals surface area (Å²) in [5, 5.41) is 28.8. The maximum atomic E-state index is 9.93. The van der Waals surface area contributed by atoms with Gasteiger partial charge in [0.1, 0.15) is 17.8 Å². The molecule has 0 saturated carbocycles. The second-order valence-electron chi connectivity index (χ2n) is 5.81. The van der Waals surface area contributed by atoms with Crippen LogP contribution < -0.4 is 10.6 Å². The summed E-state index contributed by atoms with van der Waals surface area (Å²) in [5.74, 6) is 0. The van der Waals surface area contributed by atoms with E-state index >= 15 is 0 Å². The fourth-order valence-electron chi connectivity index (χ4n) is 2.75. The number of nitriles is 1. The number of hydrogen-bond acceptors (Lipinski definition) is 9. The summed E-state index contributed by atoms with van der Waals surface area (Å²) in [4.78, 5) is 18.5. The zero-order valence-corrected chi connectivity index (χ0v) is 15.0. The second kappa shape index (κ2) is 8.18. The predicted molar refractivity (Wildman–Crippen MR) is 90.2 cm³/mol. The van der Waals surface area contributed by atoms with Gasteiger partial charge in [-0.1, -0.05) is 0 Å². The van der Waals surface area contributed by atoms with E-state index in [1.165, 1.54) is 6.33 Å². The van der Waals surface area contributed by atoms with Gasteiger partial charge in [-0.2, -0.15) is 5.26 Å². The van der Waals surface area contributed by atoms with Crippen molar-refractivity contribution in [1.82, 2.24) is 24.2 Å². The SMILES string of the molecule is Cn1cnc2c(ncn2[C@H]2C[C@H](OP(O)NCCC#N)[C@@H](CO)O2)c1=N. The number of fused-ring (bicyclic) bond motifs is 1. The van der Waals surface area contributed by atoms with Crippen molar-refractivity contribution in [2.24, 2.45) is 7.05 Å². The highest BCUT2D eigenvalue weighted by Gasteiger charge is 2.38. The normalized spacial score (nSPS) is 24.0. The Kier molecular flexibility index (Phi) is 5.93. The van der Waals surface area contributed by atoms with E-state index in [1.54, 1.807) is 22.5 Å². The average Bonchev–Trinajstić information content (AvgIpc) is 3.22. The molecule has 1 saturated heterocycles. The lowest BCUT2D eigenvalue weighted by molar-refractivity contribution is -0.0392. The van der Waals surface area contributed by atoms with E-state index in [0.29, 0.717) is 24.1 Å². The minimum Gasteiger partial charge on any atom is -0.394 e. The van der Waals surface area contributed by atoms with Crippen LogP contribution in [0.15, 0.2) is 12.7 Å². The standard InChI is InChI=1S/C14H20N7O4P/c1-20-7-18-14-12(13(20)16)17-8-21(14)11-5-9(10(6-22)24-11)25-26(23)19-4-2-3-15/h7-11,16,19,22-23H,2,4-6H2,1H3/t9-,10+,11+,26?/m0/s1. The minimum absolute atomic E-state index is 0.235. The van der Waals surface area contributed by atoms with Crippen molar-refractivity contribution in [3.8, 4) is 6.07 Å². The summed E-state index contributed by atoms with van der Waals surface area (Å²) in [6, 6.07) is 1.97. The van der Waals surface area contributed by atoms with Gasteiger partial charge in [-0.25, -0.2) is 15.1 Å². The van der Waals surface area contributed by atoms with Gasteiger partial charge in [0.25, 0.3) is 8.53 Å². The van der Waals surface area contributed by atoms with Crippen LogP contribution in [0.1, 0.15) is 19.1 Å². The third-order valence-corrected chi connectivity index (χ3v) is 5.05. The molecule has 4 atom stereocenters. The molecule has 2 aromatic heterocycles. The van der Waals surface area contributed by atoms with E-state index in [2.05, 4.69) is 15.1 Å². The first kappa shape index (κ1) is 18.8. The fraction of sp³-hybridized carbons (Fsp3) is 0.571. The third kappa shape index (κ3) is 3.76. The van der Waals surface area contributed by atoms with Gasteiger partial charge in [-0.15, -0.1) is 0 Å². The Morgan fingerprint density at radius 2 is 2.35 bits per heavy atom. The van der Waals surface area contributed by atoms with Gasteiger partial charge in [0.15, 0.2) is 11.1 Å². The van der Waals surface area contributed by atoms with Crippen LogP contribution in [0.4, 0.5) is 0 Å². The van der Waals surface area contributed by atoms with Crippen LogP contribution in [0.3, 0.4) is 0 Å².